The summed E-state index contributed by atoms with van der Waals surface area (Å²) in [5.41, 5.74) is 1.96. The van der Waals surface area contributed by atoms with Crippen molar-refractivity contribution in [3.05, 3.63) is 46.5 Å². The third-order valence-corrected chi connectivity index (χ3v) is 6.89. The molecule has 0 unspecified atom stereocenters. The lowest BCUT2D eigenvalue weighted by Crippen LogP contribution is -2.40. The highest BCUT2D eigenvalue weighted by molar-refractivity contribution is 7.17. The molecule has 0 aliphatic carbocycles. The third-order valence-electron chi connectivity index (χ3n) is 5.67. The summed E-state index contributed by atoms with van der Waals surface area (Å²) >= 11 is 1.49. The van der Waals surface area contributed by atoms with E-state index in [4.69, 9.17) is 4.74 Å². The molecule has 6 nitrogen and oxygen atoms in total. The molecule has 2 aromatic rings. The first kappa shape index (κ1) is 20.3. The number of amides is 1. The summed E-state index contributed by atoms with van der Waals surface area (Å²) in [4.78, 5) is 23.2. The van der Waals surface area contributed by atoms with Gasteiger partial charge in [-0.3, -0.25) is 4.79 Å². The molecule has 0 saturated carbocycles. The Morgan fingerprint density at radius 3 is 2.59 bits per heavy atom. The van der Waals surface area contributed by atoms with Crippen LogP contribution < -0.4 is 10.2 Å². The van der Waals surface area contributed by atoms with E-state index in [-0.39, 0.29) is 11.9 Å². The van der Waals surface area contributed by atoms with Crippen molar-refractivity contribution in [3.63, 3.8) is 0 Å². The van der Waals surface area contributed by atoms with Crippen LogP contribution in [0.4, 0.5) is 5.13 Å². The minimum Gasteiger partial charge on any atom is -0.378 e. The van der Waals surface area contributed by atoms with Gasteiger partial charge >= 0.3 is 0 Å². The number of carbonyl (C=O) groups is 1. The zero-order valence-corrected chi connectivity index (χ0v) is 17.9. The number of aryl methyl sites for hydroxylation is 1. The minimum atomic E-state index is -0.0228. The first-order valence-electron chi connectivity index (χ1n) is 10.6. The highest BCUT2D eigenvalue weighted by Crippen LogP contribution is 2.27. The Hall–Kier alpha value is -1.96. The Labute approximate surface area is 176 Å². The van der Waals surface area contributed by atoms with E-state index in [1.807, 2.05) is 25.1 Å². The van der Waals surface area contributed by atoms with E-state index in [2.05, 4.69) is 32.2 Å². The number of carbonyl (C=O) groups excluding carboxylic acids is 1. The number of nitrogens with one attached hydrogen (secondary N) is 1. The van der Waals surface area contributed by atoms with Crippen LogP contribution >= 0.6 is 11.3 Å². The number of aromatic nitrogens is 1. The lowest BCUT2D eigenvalue weighted by atomic mass is 10.0. The van der Waals surface area contributed by atoms with Gasteiger partial charge in [-0.2, -0.15) is 0 Å². The zero-order chi connectivity index (χ0) is 20.1. The number of hydrogen-bond donors (Lipinski definition) is 1. The summed E-state index contributed by atoms with van der Waals surface area (Å²) in [6, 6.07) is 10.3. The largest absolute Gasteiger partial charge is 0.378 e. The number of morpholine rings is 1. The van der Waals surface area contributed by atoms with Gasteiger partial charge in [0.25, 0.3) is 5.91 Å². The Balaban J connectivity index is 1.49. The molecular formula is C22H30N4O2S. The van der Waals surface area contributed by atoms with Crippen molar-refractivity contribution in [1.29, 1.82) is 0 Å². The Kier molecular flexibility index (Phi) is 6.79. The van der Waals surface area contributed by atoms with Gasteiger partial charge in [-0.1, -0.05) is 48.1 Å². The molecule has 2 aliphatic rings. The van der Waals surface area contributed by atoms with Gasteiger partial charge in [-0.05, 0) is 38.4 Å². The van der Waals surface area contributed by atoms with Crippen LogP contribution in [0.15, 0.2) is 30.3 Å². The van der Waals surface area contributed by atoms with Gasteiger partial charge < -0.3 is 19.9 Å². The Bertz CT molecular complexity index is 798. The number of likely N-dealkylation sites (tertiary alicyclic amines) is 1. The molecule has 1 amide bonds. The molecule has 0 bridgehead atoms. The second-order valence-corrected chi connectivity index (χ2v) is 8.79. The smallest absolute Gasteiger partial charge is 0.263 e. The van der Waals surface area contributed by atoms with Crippen LogP contribution in [0.2, 0.25) is 0 Å². The number of rotatable bonds is 6. The maximum atomic E-state index is 13.2. The van der Waals surface area contributed by atoms with E-state index in [9.17, 15) is 4.79 Å². The molecule has 1 aromatic heterocycles. The molecule has 1 atom stereocenters. The van der Waals surface area contributed by atoms with Crippen molar-refractivity contribution in [2.45, 2.75) is 32.2 Å². The van der Waals surface area contributed by atoms with Crippen LogP contribution in [0.3, 0.4) is 0 Å². The lowest BCUT2D eigenvalue weighted by Gasteiger charge is -2.31. The van der Waals surface area contributed by atoms with Crippen LogP contribution in [0.5, 0.6) is 0 Å². The monoisotopic (exact) mass is 414 g/mol. The second-order valence-electron chi connectivity index (χ2n) is 7.81. The van der Waals surface area contributed by atoms with Crippen molar-refractivity contribution in [1.82, 2.24) is 15.2 Å². The molecule has 7 heteroatoms. The minimum absolute atomic E-state index is 0.0184. The summed E-state index contributed by atoms with van der Waals surface area (Å²) in [5.74, 6) is -0.0228. The van der Waals surface area contributed by atoms with Gasteiger partial charge in [0, 0.05) is 19.6 Å². The standard InChI is InChI=1S/C22H30N4O2S/c1-17-20(29-22(23-17)26-12-14-28-15-13-26)21(27)24-19(18-8-4-2-5-9-18)16-25-10-6-3-7-11-25/h2,4-5,8-9,19H,3,6-7,10-16H2,1H3,(H,24,27)/t19-/m0/s1. The maximum Gasteiger partial charge on any atom is 0.263 e. The van der Waals surface area contributed by atoms with E-state index < -0.39 is 0 Å². The molecule has 29 heavy (non-hydrogen) atoms. The summed E-state index contributed by atoms with van der Waals surface area (Å²) in [7, 11) is 0. The summed E-state index contributed by atoms with van der Waals surface area (Å²) in [5, 5.41) is 4.22. The van der Waals surface area contributed by atoms with Gasteiger partial charge in [0.05, 0.1) is 24.9 Å². The van der Waals surface area contributed by atoms with E-state index in [0.29, 0.717) is 18.1 Å². The first-order valence-corrected chi connectivity index (χ1v) is 11.4. The summed E-state index contributed by atoms with van der Waals surface area (Å²) in [6.45, 7) is 8.09. The fourth-order valence-corrected chi connectivity index (χ4v) is 5.05. The number of hydrogen-bond acceptors (Lipinski definition) is 6. The molecule has 156 valence electrons. The maximum absolute atomic E-state index is 13.2. The van der Waals surface area contributed by atoms with E-state index in [1.165, 1.54) is 30.6 Å². The number of benzene rings is 1. The molecule has 0 radical (unpaired) electrons. The van der Waals surface area contributed by atoms with Gasteiger partial charge in [0.1, 0.15) is 4.88 Å². The molecule has 3 heterocycles. The average molecular weight is 415 g/mol. The Morgan fingerprint density at radius 1 is 1.14 bits per heavy atom. The molecule has 0 spiro atoms. The predicted octanol–water partition coefficient (Wildman–Crippen LogP) is 3.25. The predicted molar refractivity (Wildman–Crippen MR) is 117 cm³/mol. The quantitative estimate of drug-likeness (QED) is 0.786. The van der Waals surface area contributed by atoms with E-state index >= 15 is 0 Å². The lowest BCUT2D eigenvalue weighted by molar-refractivity contribution is 0.0923. The fourth-order valence-electron chi connectivity index (χ4n) is 4.03. The number of piperidine rings is 1. The van der Waals surface area contributed by atoms with Gasteiger partial charge in [0.15, 0.2) is 5.13 Å². The number of anilines is 1. The van der Waals surface area contributed by atoms with Gasteiger partial charge in [-0.15, -0.1) is 0 Å². The number of thiazole rings is 1. The van der Waals surface area contributed by atoms with Crippen LogP contribution in [0, 0.1) is 6.92 Å². The van der Waals surface area contributed by atoms with Crippen LogP contribution in [0.25, 0.3) is 0 Å². The highest BCUT2D eigenvalue weighted by atomic mass is 32.1. The third kappa shape index (κ3) is 5.15. The van der Waals surface area contributed by atoms with Gasteiger partial charge in [0.2, 0.25) is 0 Å². The number of ether oxygens (including phenoxy) is 1. The van der Waals surface area contributed by atoms with Crippen molar-refractivity contribution < 1.29 is 9.53 Å². The molecule has 4 rings (SSSR count). The summed E-state index contributed by atoms with van der Waals surface area (Å²) in [6.07, 6.45) is 3.79. The molecule has 2 saturated heterocycles. The zero-order valence-electron chi connectivity index (χ0n) is 17.1. The van der Waals surface area contributed by atoms with Crippen molar-refractivity contribution in [2.75, 3.05) is 50.8 Å². The van der Waals surface area contributed by atoms with Crippen LogP contribution in [-0.4, -0.2) is 61.7 Å². The van der Waals surface area contributed by atoms with E-state index in [0.717, 1.165) is 49.1 Å². The van der Waals surface area contributed by atoms with Crippen molar-refractivity contribution in [3.8, 4) is 0 Å². The molecular weight excluding hydrogens is 384 g/mol. The summed E-state index contributed by atoms with van der Waals surface area (Å²) < 4.78 is 5.43. The van der Waals surface area contributed by atoms with Crippen molar-refractivity contribution in [2.24, 2.45) is 0 Å². The second kappa shape index (κ2) is 9.69. The van der Waals surface area contributed by atoms with E-state index in [1.54, 1.807) is 0 Å². The SMILES string of the molecule is Cc1nc(N2CCOCC2)sc1C(=O)N[C@@H](CN1CCCCC1)c1ccccc1. The topological polar surface area (TPSA) is 57.7 Å². The molecule has 1 N–H and O–H groups in total. The Morgan fingerprint density at radius 2 is 1.86 bits per heavy atom. The van der Waals surface area contributed by atoms with Crippen LogP contribution in [0.1, 0.15) is 46.2 Å². The molecule has 2 aliphatic heterocycles. The highest BCUT2D eigenvalue weighted by Gasteiger charge is 2.24. The van der Waals surface area contributed by atoms with Gasteiger partial charge in [-0.25, -0.2) is 4.98 Å². The normalized spacial score (nSPS) is 19.1. The fraction of sp³-hybridized carbons (Fsp3) is 0.545. The molecule has 2 fully saturated rings. The molecule has 1 aromatic carbocycles. The average Bonchev–Trinajstić information content (AvgIpc) is 3.17. The number of nitrogens with zero attached hydrogens (tertiary/aromatic N) is 3. The van der Waals surface area contributed by atoms with Crippen LogP contribution in [-0.2, 0) is 4.74 Å². The first-order chi connectivity index (χ1) is 14.2. The van der Waals surface area contributed by atoms with Crippen molar-refractivity contribution >= 4 is 22.4 Å².